The summed E-state index contributed by atoms with van der Waals surface area (Å²) in [6.45, 7) is 1.82. The van der Waals surface area contributed by atoms with Gasteiger partial charge in [-0.3, -0.25) is 10.1 Å². The molecule has 0 aliphatic heterocycles. The topological polar surface area (TPSA) is 80.4 Å². The molecule has 0 aromatic heterocycles. The monoisotopic (exact) mass is 259 g/mol. The molecule has 2 rings (SSSR count). The summed E-state index contributed by atoms with van der Waals surface area (Å²) in [6, 6.07) is 9.14. The lowest BCUT2D eigenvalue weighted by Gasteiger charge is -2.24. The van der Waals surface area contributed by atoms with Crippen molar-refractivity contribution in [3.05, 3.63) is 63.7 Å². The first kappa shape index (κ1) is 13.0. The minimum Gasteiger partial charge on any atom is -0.476 e. The molecule has 1 unspecified atom stereocenters. The summed E-state index contributed by atoms with van der Waals surface area (Å²) in [5.41, 5.74) is 0.300. The van der Waals surface area contributed by atoms with Crippen LogP contribution in [0.15, 0.2) is 48.1 Å². The third kappa shape index (κ3) is 2.14. The van der Waals surface area contributed by atoms with Crippen molar-refractivity contribution in [3.8, 4) is 0 Å². The lowest BCUT2D eigenvalue weighted by atomic mass is 9.81. The molecule has 0 fully saturated rings. The number of aliphatic carboxylic acids is 1. The van der Waals surface area contributed by atoms with Gasteiger partial charge in [-0.15, -0.1) is 0 Å². The van der Waals surface area contributed by atoms with Gasteiger partial charge >= 0.3 is 11.5 Å². The molecular weight excluding hydrogens is 246 g/mol. The molecule has 1 aromatic carbocycles. The lowest BCUT2D eigenvalue weighted by molar-refractivity contribution is -0.539. The molecule has 0 amide bonds. The van der Waals surface area contributed by atoms with Gasteiger partial charge in [0.05, 0.1) is 6.42 Å². The van der Waals surface area contributed by atoms with Gasteiger partial charge in [-0.25, -0.2) is 4.79 Å². The van der Waals surface area contributed by atoms with E-state index in [1.165, 1.54) is 6.08 Å². The van der Waals surface area contributed by atoms with Crippen molar-refractivity contribution in [2.45, 2.75) is 18.9 Å². The van der Waals surface area contributed by atoms with Crippen LogP contribution >= 0.6 is 0 Å². The Morgan fingerprint density at radius 1 is 1.37 bits per heavy atom. The standard InChI is InChI=1S/C14H13NO4/c1-10-7-8-14(13(16)17,15(18)19)9-12(10)11-5-3-2-4-6-11/h2-8H,9H2,1H3,(H,16,17). The minimum absolute atomic E-state index is 0.137. The molecule has 0 saturated heterocycles. The van der Waals surface area contributed by atoms with Crippen molar-refractivity contribution in [1.29, 1.82) is 0 Å². The summed E-state index contributed by atoms with van der Waals surface area (Å²) in [6.07, 6.45) is 2.54. The second kappa shape index (κ2) is 4.68. The Morgan fingerprint density at radius 2 is 2.00 bits per heavy atom. The van der Waals surface area contributed by atoms with Crippen LogP contribution in [0.25, 0.3) is 5.57 Å². The fraction of sp³-hybridized carbons (Fsp3) is 0.214. The van der Waals surface area contributed by atoms with Crippen LogP contribution in [0, 0.1) is 10.1 Å². The molecule has 1 N–H and O–H groups in total. The Hall–Kier alpha value is -2.43. The smallest absolute Gasteiger partial charge is 0.387 e. The first-order valence-electron chi connectivity index (χ1n) is 5.79. The largest absolute Gasteiger partial charge is 0.476 e. The second-order valence-electron chi connectivity index (χ2n) is 4.52. The highest BCUT2D eigenvalue weighted by molar-refractivity contribution is 5.86. The number of nitrogens with zero attached hydrogens (tertiary/aromatic N) is 1. The average Bonchev–Trinajstić information content (AvgIpc) is 2.40. The van der Waals surface area contributed by atoms with Gasteiger partial charge in [0.2, 0.25) is 0 Å². The number of carboxylic acids is 1. The van der Waals surface area contributed by atoms with Gasteiger partial charge < -0.3 is 5.11 Å². The number of carboxylic acid groups (broad SMARTS) is 1. The number of nitro groups is 1. The van der Waals surface area contributed by atoms with E-state index in [9.17, 15) is 20.0 Å². The average molecular weight is 259 g/mol. The third-order valence-electron chi connectivity index (χ3n) is 3.35. The fourth-order valence-electron chi connectivity index (χ4n) is 2.15. The molecule has 0 radical (unpaired) electrons. The van der Waals surface area contributed by atoms with Crippen LogP contribution in [0.4, 0.5) is 0 Å². The summed E-state index contributed by atoms with van der Waals surface area (Å²) >= 11 is 0. The Bertz CT molecular complexity index is 573. The van der Waals surface area contributed by atoms with Crippen molar-refractivity contribution in [2.24, 2.45) is 0 Å². The summed E-state index contributed by atoms with van der Waals surface area (Å²) in [7, 11) is 0. The maximum atomic E-state index is 11.3. The van der Waals surface area contributed by atoms with Crippen LogP contribution in [0.5, 0.6) is 0 Å². The highest BCUT2D eigenvalue weighted by atomic mass is 16.6. The normalized spacial score (nSPS) is 22.4. The quantitative estimate of drug-likeness (QED) is 0.668. The Labute approximate surface area is 110 Å². The van der Waals surface area contributed by atoms with Crippen molar-refractivity contribution < 1.29 is 14.8 Å². The molecule has 5 nitrogen and oxygen atoms in total. The van der Waals surface area contributed by atoms with Gasteiger partial charge in [0, 0.05) is 11.0 Å². The highest BCUT2D eigenvalue weighted by Crippen LogP contribution is 2.35. The molecule has 0 heterocycles. The van der Waals surface area contributed by atoms with Gasteiger partial charge in [-0.1, -0.05) is 36.4 Å². The van der Waals surface area contributed by atoms with E-state index in [0.29, 0.717) is 5.57 Å². The molecule has 19 heavy (non-hydrogen) atoms. The maximum Gasteiger partial charge on any atom is 0.387 e. The van der Waals surface area contributed by atoms with E-state index in [0.717, 1.165) is 17.2 Å². The van der Waals surface area contributed by atoms with Crippen LogP contribution in [0.1, 0.15) is 18.9 Å². The highest BCUT2D eigenvalue weighted by Gasteiger charge is 2.51. The van der Waals surface area contributed by atoms with Gasteiger partial charge in [0.25, 0.3) is 0 Å². The zero-order valence-electron chi connectivity index (χ0n) is 10.4. The first-order chi connectivity index (χ1) is 8.97. The number of hydrogen-bond donors (Lipinski definition) is 1. The predicted molar refractivity (Wildman–Crippen MR) is 70.2 cm³/mol. The number of hydrogen-bond acceptors (Lipinski definition) is 3. The number of allylic oxidation sites excluding steroid dienone is 2. The van der Waals surface area contributed by atoms with E-state index in [1.807, 2.05) is 37.3 Å². The predicted octanol–water partition coefficient (Wildman–Crippen LogP) is 2.52. The summed E-state index contributed by atoms with van der Waals surface area (Å²) < 4.78 is 0. The molecule has 98 valence electrons. The minimum atomic E-state index is -2.06. The van der Waals surface area contributed by atoms with Crippen LogP contribution in [0.2, 0.25) is 0 Å². The third-order valence-corrected chi connectivity index (χ3v) is 3.35. The number of rotatable bonds is 3. The van der Waals surface area contributed by atoms with Gasteiger partial charge in [0.15, 0.2) is 0 Å². The number of benzene rings is 1. The molecule has 1 atom stereocenters. The van der Waals surface area contributed by atoms with Crippen LogP contribution < -0.4 is 0 Å². The van der Waals surface area contributed by atoms with Crippen molar-refractivity contribution in [3.63, 3.8) is 0 Å². The Kier molecular flexibility index (Phi) is 3.21. The molecule has 0 spiro atoms. The van der Waals surface area contributed by atoms with Crippen molar-refractivity contribution >= 4 is 11.5 Å². The van der Waals surface area contributed by atoms with Gasteiger partial charge in [0.1, 0.15) is 0 Å². The lowest BCUT2D eigenvalue weighted by Crippen LogP contribution is -2.45. The molecule has 0 bridgehead atoms. The van der Waals surface area contributed by atoms with Crippen molar-refractivity contribution in [1.82, 2.24) is 0 Å². The van der Waals surface area contributed by atoms with Crippen LogP contribution in [0.3, 0.4) is 0 Å². The van der Waals surface area contributed by atoms with Gasteiger partial charge in [-0.05, 0) is 23.6 Å². The summed E-state index contributed by atoms with van der Waals surface area (Å²) in [5, 5.41) is 20.3. The molecular formula is C14H13NO4. The molecule has 1 aliphatic carbocycles. The Morgan fingerprint density at radius 3 is 2.53 bits per heavy atom. The SMILES string of the molecule is CC1=C(c2ccccc2)CC(C(=O)O)([N+](=O)[O-])C=C1. The summed E-state index contributed by atoms with van der Waals surface area (Å²) in [5.74, 6) is -1.44. The van der Waals surface area contributed by atoms with E-state index >= 15 is 0 Å². The van der Waals surface area contributed by atoms with E-state index in [-0.39, 0.29) is 6.42 Å². The maximum absolute atomic E-state index is 11.3. The van der Waals surface area contributed by atoms with E-state index in [4.69, 9.17) is 0 Å². The molecule has 0 saturated carbocycles. The van der Waals surface area contributed by atoms with Crippen LogP contribution in [-0.2, 0) is 4.79 Å². The Balaban J connectivity index is 2.50. The zero-order chi connectivity index (χ0) is 14.0. The van der Waals surface area contributed by atoms with Crippen LogP contribution in [-0.4, -0.2) is 21.5 Å². The first-order valence-corrected chi connectivity index (χ1v) is 5.79. The summed E-state index contributed by atoms with van der Waals surface area (Å²) in [4.78, 5) is 21.7. The molecule has 5 heteroatoms. The zero-order valence-corrected chi connectivity index (χ0v) is 10.4. The van der Waals surface area contributed by atoms with E-state index in [1.54, 1.807) is 0 Å². The molecule has 1 aliphatic rings. The fourth-order valence-corrected chi connectivity index (χ4v) is 2.15. The van der Waals surface area contributed by atoms with Gasteiger partial charge in [-0.2, -0.15) is 0 Å². The van der Waals surface area contributed by atoms with E-state index in [2.05, 4.69) is 0 Å². The molecule has 1 aromatic rings. The van der Waals surface area contributed by atoms with E-state index < -0.39 is 16.4 Å². The van der Waals surface area contributed by atoms with Crippen molar-refractivity contribution in [2.75, 3.05) is 0 Å². The number of carbonyl (C=O) groups is 1. The second-order valence-corrected chi connectivity index (χ2v) is 4.52.